The maximum Gasteiger partial charge on any atom is 0.273 e. The second-order valence-electron chi connectivity index (χ2n) is 4.61. The molecule has 1 amide bonds. The monoisotopic (exact) mass is 317 g/mol. The SMILES string of the molecule is Cn1ccnc1C(NC(=O)c1csnn1)c1ccccc1F. The van der Waals surface area contributed by atoms with E-state index in [9.17, 15) is 9.18 Å². The maximum atomic E-state index is 14.1. The number of carbonyl (C=O) groups excluding carboxylic acids is 1. The number of nitrogens with zero attached hydrogens (tertiary/aromatic N) is 4. The van der Waals surface area contributed by atoms with Gasteiger partial charge in [-0.15, -0.1) is 5.10 Å². The van der Waals surface area contributed by atoms with Gasteiger partial charge in [0.2, 0.25) is 0 Å². The minimum absolute atomic E-state index is 0.195. The number of aromatic nitrogens is 4. The van der Waals surface area contributed by atoms with Crippen LogP contribution in [-0.4, -0.2) is 25.0 Å². The number of nitrogens with one attached hydrogen (secondary N) is 1. The molecule has 0 aliphatic heterocycles. The van der Waals surface area contributed by atoms with Crippen molar-refractivity contribution in [2.45, 2.75) is 6.04 Å². The molecule has 1 N–H and O–H groups in total. The summed E-state index contributed by atoms with van der Waals surface area (Å²) in [5, 5.41) is 8.02. The number of hydrogen-bond acceptors (Lipinski definition) is 5. The summed E-state index contributed by atoms with van der Waals surface area (Å²) in [7, 11) is 1.78. The third-order valence-electron chi connectivity index (χ3n) is 3.20. The second kappa shape index (κ2) is 6.02. The highest BCUT2D eigenvalue weighted by atomic mass is 32.1. The zero-order valence-corrected chi connectivity index (χ0v) is 12.4. The van der Waals surface area contributed by atoms with Crippen molar-refractivity contribution in [3.05, 3.63) is 64.9 Å². The zero-order valence-electron chi connectivity index (χ0n) is 11.6. The fraction of sp³-hybridized carbons (Fsp3) is 0.143. The summed E-state index contributed by atoms with van der Waals surface area (Å²) < 4.78 is 19.5. The van der Waals surface area contributed by atoms with Crippen LogP contribution in [0.15, 0.2) is 42.0 Å². The van der Waals surface area contributed by atoms with E-state index in [1.807, 2.05) is 0 Å². The molecule has 1 atom stereocenters. The van der Waals surface area contributed by atoms with Crippen molar-refractivity contribution in [1.29, 1.82) is 0 Å². The lowest BCUT2D eigenvalue weighted by atomic mass is 10.1. The topological polar surface area (TPSA) is 72.7 Å². The Morgan fingerprint density at radius 3 is 2.86 bits per heavy atom. The molecule has 2 aromatic heterocycles. The van der Waals surface area contributed by atoms with Crippen LogP contribution in [0.25, 0.3) is 0 Å². The molecule has 1 unspecified atom stereocenters. The fourth-order valence-corrected chi connectivity index (χ4v) is 2.55. The van der Waals surface area contributed by atoms with Gasteiger partial charge in [-0.25, -0.2) is 9.37 Å². The van der Waals surface area contributed by atoms with Gasteiger partial charge in [0.25, 0.3) is 5.91 Å². The van der Waals surface area contributed by atoms with Crippen LogP contribution in [-0.2, 0) is 7.05 Å². The summed E-state index contributed by atoms with van der Waals surface area (Å²) in [6.07, 6.45) is 3.33. The molecule has 3 rings (SSSR count). The van der Waals surface area contributed by atoms with Crippen molar-refractivity contribution >= 4 is 17.4 Å². The zero-order chi connectivity index (χ0) is 15.5. The first-order valence-electron chi connectivity index (χ1n) is 6.46. The molecule has 6 nitrogen and oxygen atoms in total. The van der Waals surface area contributed by atoms with Gasteiger partial charge < -0.3 is 9.88 Å². The quantitative estimate of drug-likeness (QED) is 0.798. The molecule has 22 heavy (non-hydrogen) atoms. The van der Waals surface area contributed by atoms with Crippen LogP contribution in [0.1, 0.15) is 27.9 Å². The van der Waals surface area contributed by atoms with Crippen molar-refractivity contribution in [3.8, 4) is 0 Å². The number of amides is 1. The molecular weight excluding hydrogens is 305 g/mol. The van der Waals surface area contributed by atoms with E-state index >= 15 is 0 Å². The van der Waals surface area contributed by atoms with Gasteiger partial charge in [0.1, 0.15) is 17.7 Å². The molecule has 0 aliphatic rings. The lowest BCUT2D eigenvalue weighted by molar-refractivity contribution is 0.0935. The predicted octanol–water partition coefficient (Wildman–Crippen LogP) is 1.93. The van der Waals surface area contributed by atoms with Crippen molar-refractivity contribution < 1.29 is 9.18 Å². The van der Waals surface area contributed by atoms with Crippen molar-refractivity contribution in [2.75, 3.05) is 0 Å². The van der Waals surface area contributed by atoms with Gasteiger partial charge in [-0.05, 0) is 17.6 Å². The van der Waals surface area contributed by atoms with Crippen LogP contribution in [0.2, 0.25) is 0 Å². The molecule has 2 heterocycles. The molecule has 0 aliphatic carbocycles. The normalized spacial score (nSPS) is 12.1. The van der Waals surface area contributed by atoms with Gasteiger partial charge in [0.05, 0.1) is 0 Å². The summed E-state index contributed by atoms with van der Waals surface area (Å²) in [5.41, 5.74) is 0.536. The first kappa shape index (κ1) is 14.3. The van der Waals surface area contributed by atoms with Crippen LogP contribution < -0.4 is 5.32 Å². The van der Waals surface area contributed by atoms with Gasteiger partial charge in [-0.2, -0.15) is 0 Å². The molecule has 8 heteroatoms. The van der Waals surface area contributed by atoms with Gasteiger partial charge in [0.15, 0.2) is 5.69 Å². The highest BCUT2D eigenvalue weighted by Crippen LogP contribution is 2.23. The number of aryl methyl sites for hydroxylation is 1. The summed E-state index contributed by atoms with van der Waals surface area (Å²) in [6, 6.07) is 5.57. The van der Waals surface area contributed by atoms with Crippen molar-refractivity contribution in [2.24, 2.45) is 7.05 Å². The minimum atomic E-state index is -0.713. The number of rotatable bonds is 4. The Kier molecular flexibility index (Phi) is 3.92. The van der Waals surface area contributed by atoms with E-state index in [-0.39, 0.29) is 5.69 Å². The Labute approximate surface area is 129 Å². The van der Waals surface area contributed by atoms with Gasteiger partial charge in [-0.3, -0.25) is 4.79 Å². The number of hydrogen-bond donors (Lipinski definition) is 1. The van der Waals surface area contributed by atoms with E-state index in [0.717, 1.165) is 11.5 Å². The molecule has 0 saturated carbocycles. The summed E-state index contributed by atoms with van der Waals surface area (Å²) >= 11 is 1.08. The van der Waals surface area contributed by atoms with E-state index in [2.05, 4.69) is 19.9 Å². The smallest absolute Gasteiger partial charge is 0.273 e. The van der Waals surface area contributed by atoms with Crippen LogP contribution in [0.5, 0.6) is 0 Å². The van der Waals surface area contributed by atoms with Gasteiger partial charge in [-0.1, -0.05) is 22.7 Å². The summed E-state index contributed by atoms with van der Waals surface area (Å²) in [4.78, 5) is 16.5. The Hall–Kier alpha value is -2.61. The number of carbonyl (C=O) groups is 1. The molecule has 0 radical (unpaired) electrons. The average Bonchev–Trinajstić information content (AvgIpc) is 3.17. The Morgan fingerprint density at radius 1 is 1.41 bits per heavy atom. The average molecular weight is 317 g/mol. The highest BCUT2D eigenvalue weighted by molar-refractivity contribution is 7.03. The summed E-state index contributed by atoms with van der Waals surface area (Å²) in [5.74, 6) is -0.307. The summed E-state index contributed by atoms with van der Waals surface area (Å²) in [6.45, 7) is 0. The molecular formula is C14H12FN5OS. The van der Waals surface area contributed by atoms with Crippen LogP contribution in [0.3, 0.4) is 0 Å². The standard InChI is InChI=1S/C14H12FN5OS/c1-20-7-6-16-13(20)12(9-4-2-3-5-10(9)15)17-14(21)11-8-22-19-18-11/h2-8,12H,1H3,(H,17,21). The molecule has 0 saturated heterocycles. The van der Waals surface area contributed by atoms with Crippen LogP contribution in [0.4, 0.5) is 4.39 Å². The lowest BCUT2D eigenvalue weighted by Gasteiger charge is -2.19. The third kappa shape index (κ3) is 2.73. The molecule has 1 aromatic carbocycles. The van der Waals surface area contributed by atoms with E-state index in [1.165, 1.54) is 11.4 Å². The first-order valence-corrected chi connectivity index (χ1v) is 7.30. The number of imidazole rings is 1. The Bertz CT molecular complexity index is 786. The fourth-order valence-electron chi connectivity index (χ4n) is 2.11. The van der Waals surface area contributed by atoms with Gasteiger partial charge in [0, 0.05) is 30.4 Å². The molecule has 0 fully saturated rings. The lowest BCUT2D eigenvalue weighted by Crippen LogP contribution is -2.32. The van der Waals surface area contributed by atoms with Gasteiger partial charge >= 0.3 is 0 Å². The van der Waals surface area contributed by atoms with Crippen molar-refractivity contribution in [3.63, 3.8) is 0 Å². The second-order valence-corrected chi connectivity index (χ2v) is 5.22. The van der Waals surface area contributed by atoms with E-state index in [1.54, 1.807) is 42.2 Å². The molecule has 0 spiro atoms. The Balaban J connectivity index is 1.99. The Morgan fingerprint density at radius 2 is 2.23 bits per heavy atom. The highest BCUT2D eigenvalue weighted by Gasteiger charge is 2.24. The molecule has 0 bridgehead atoms. The van der Waals surface area contributed by atoms with E-state index in [0.29, 0.717) is 11.4 Å². The largest absolute Gasteiger partial charge is 0.336 e. The third-order valence-corrected chi connectivity index (χ3v) is 3.71. The number of halogens is 1. The van der Waals surface area contributed by atoms with Crippen molar-refractivity contribution in [1.82, 2.24) is 24.5 Å². The van der Waals surface area contributed by atoms with Crippen LogP contribution >= 0.6 is 11.5 Å². The minimum Gasteiger partial charge on any atom is -0.336 e. The first-order chi connectivity index (χ1) is 10.7. The van der Waals surface area contributed by atoms with E-state index in [4.69, 9.17) is 0 Å². The van der Waals surface area contributed by atoms with Crippen LogP contribution in [0, 0.1) is 5.82 Å². The van der Waals surface area contributed by atoms with E-state index < -0.39 is 17.8 Å². The molecule has 112 valence electrons. The molecule has 3 aromatic rings. The predicted molar refractivity (Wildman–Crippen MR) is 78.8 cm³/mol. The number of benzene rings is 1. The maximum absolute atomic E-state index is 14.1.